The topological polar surface area (TPSA) is 49.3 Å². The lowest BCUT2D eigenvalue weighted by Gasteiger charge is -2.02. The van der Waals surface area contributed by atoms with E-state index >= 15 is 0 Å². The van der Waals surface area contributed by atoms with Crippen molar-refractivity contribution in [2.75, 3.05) is 7.05 Å². The molecular formula is C9H10FNO2. The number of carbonyl (C=O) groups excluding carboxylic acids is 1. The lowest BCUT2D eigenvalue weighted by atomic mass is 10.1. The Bertz CT molecular complexity index is 325. The van der Waals surface area contributed by atoms with Gasteiger partial charge in [0.25, 0.3) is 0 Å². The van der Waals surface area contributed by atoms with Crippen molar-refractivity contribution in [2.24, 2.45) is 0 Å². The van der Waals surface area contributed by atoms with E-state index in [0.29, 0.717) is 0 Å². The van der Waals surface area contributed by atoms with Gasteiger partial charge in [0.2, 0.25) is 5.91 Å². The van der Waals surface area contributed by atoms with Gasteiger partial charge in [-0.25, -0.2) is 4.39 Å². The van der Waals surface area contributed by atoms with E-state index in [-0.39, 0.29) is 17.9 Å². The second-order valence-corrected chi connectivity index (χ2v) is 2.60. The summed E-state index contributed by atoms with van der Waals surface area (Å²) in [6.45, 7) is 0. The standard InChI is InChI=1S/C9H10FNO2/c1-11-8(13)5-6-3-2-4-7(12)9(6)10/h2-4,12H,5H2,1H3,(H,11,13). The van der Waals surface area contributed by atoms with Gasteiger partial charge in [0.1, 0.15) is 0 Å². The summed E-state index contributed by atoms with van der Waals surface area (Å²) in [6, 6.07) is 4.20. The maximum atomic E-state index is 13.1. The molecule has 0 atom stereocenters. The van der Waals surface area contributed by atoms with E-state index in [4.69, 9.17) is 5.11 Å². The second kappa shape index (κ2) is 3.89. The van der Waals surface area contributed by atoms with Crippen molar-refractivity contribution in [3.05, 3.63) is 29.6 Å². The van der Waals surface area contributed by atoms with Crippen LogP contribution in [0.3, 0.4) is 0 Å². The van der Waals surface area contributed by atoms with Gasteiger partial charge < -0.3 is 10.4 Å². The highest BCUT2D eigenvalue weighted by atomic mass is 19.1. The third-order valence-electron chi connectivity index (χ3n) is 1.69. The number of nitrogens with one attached hydrogen (secondary N) is 1. The number of carbonyl (C=O) groups is 1. The molecule has 1 rings (SSSR count). The van der Waals surface area contributed by atoms with E-state index in [2.05, 4.69) is 5.32 Å². The Balaban J connectivity index is 2.89. The van der Waals surface area contributed by atoms with Crippen LogP contribution in [0.2, 0.25) is 0 Å². The molecule has 0 saturated heterocycles. The first-order valence-electron chi connectivity index (χ1n) is 3.82. The summed E-state index contributed by atoms with van der Waals surface area (Å²) < 4.78 is 13.1. The summed E-state index contributed by atoms with van der Waals surface area (Å²) in [6.07, 6.45) is -0.0588. The predicted octanol–water partition coefficient (Wildman–Crippen LogP) is 0.820. The maximum absolute atomic E-state index is 13.1. The molecule has 0 heterocycles. The zero-order chi connectivity index (χ0) is 9.84. The number of phenols is 1. The molecule has 0 aromatic heterocycles. The normalized spacial score (nSPS) is 9.69. The first-order chi connectivity index (χ1) is 6.15. The molecule has 1 amide bonds. The summed E-state index contributed by atoms with van der Waals surface area (Å²) in [5, 5.41) is 11.4. The van der Waals surface area contributed by atoms with E-state index < -0.39 is 11.6 Å². The fourth-order valence-electron chi connectivity index (χ4n) is 0.964. The summed E-state index contributed by atoms with van der Waals surface area (Å²) >= 11 is 0. The molecule has 0 aliphatic carbocycles. The van der Waals surface area contributed by atoms with Crippen LogP contribution >= 0.6 is 0 Å². The SMILES string of the molecule is CNC(=O)Cc1cccc(O)c1F. The minimum Gasteiger partial charge on any atom is -0.505 e. The van der Waals surface area contributed by atoms with Crippen LogP contribution in [-0.2, 0) is 11.2 Å². The van der Waals surface area contributed by atoms with Gasteiger partial charge in [0.15, 0.2) is 11.6 Å². The number of rotatable bonds is 2. The average molecular weight is 183 g/mol. The zero-order valence-electron chi connectivity index (χ0n) is 7.17. The third-order valence-corrected chi connectivity index (χ3v) is 1.69. The van der Waals surface area contributed by atoms with Crippen molar-refractivity contribution in [1.82, 2.24) is 5.32 Å². The van der Waals surface area contributed by atoms with Crippen LogP contribution in [0.1, 0.15) is 5.56 Å². The van der Waals surface area contributed by atoms with E-state index in [1.165, 1.54) is 25.2 Å². The minimum atomic E-state index is -0.730. The summed E-state index contributed by atoms with van der Waals surface area (Å²) in [7, 11) is 1.48. The van der Waals surface area contributed by atoms with Crippen molar-refractivity contribution in [2.45, 2.75) is 6.42 Å². The summed E-state index contributed by atoms with van der Waals surface area (Å²) in [5.74, 6) is -1.45. The quantitative estimate of drug-likeness (QED) is 0.713. The molecule has 0 unspecified atom stereocenters. The molecule has 0 saturated carbocycles. The predicted molar refractivity (Wildman–Crippen MR) is 45.8 cm³/mol. The number of hydrogen-bond acceptors (Lipinski definition) is 2. The van der Waals surface area contributed by atoms with Gasteiger partial charge in [0, 0.05) is 12.6 Å². The molecule has 0 bridgehead atoms. The van der Waals surface area contributed by atoms with Crippen LogP contribution in [-0.4, -0.2) is 18.1 Å². The molecule has 3 nitrogen and oxygen atoms in total. The number of phenolic OH excluding ortho intramolecular Hbond substituents is 1. The first-order valence-corrected chi connectivity index (χ1v) is 3.82. The van der Waals surface area contributed by atoms with Crippen LogP contribution in [0.15, 0.2) is 18.2 Å². The number of halogens is 1. The lowest BCUT2D eigenvalue weighted by Crippen LogP contribution is -2.20. The molecule has 70 valence electrons. The minimum absolute atomic E-state index is 0.0588. The van der Waals surface area contributed by atoms with E-state index in [1.54, 1.807) is 0 Å². The molecule has 13 heavy (non-hydrogen) atoms. The van der Waals surface area contributed by atoms with Gasteiger partial charge in [0.05, 0.1) is 6.42 Å². The van der Waals surface area contributed by atoms with E-state index in [1.807, 2.05) is 0 Å². The number of amides is 1. The van der Waals surface area contributed by atoms with Gasteiger partial charge >= 0.3 is 0 Å². The number of likely N-dealkylation sites (N-methyl/N-ethyl adjacent to an activating group) is 1. The highest BCUT2D eigenvalue weighted by molar-refractivity contribution is 5.78. The van der Waals surface area contributed by atoms with Crippen LogP contribution < -0.4 is 5.32 Å². The zero-order valence-corrected chi connectivity index (χ0v) is 7.17. The molecule has 1 aromatic carbocycles. The van der Waals surface area contributed by atoms with Gasteiger partial charge in [-0.2, -0.15) is 0 Å². The highest BCUT2D eigenvalue weighted by Gasteiger charge is 2.09. The van der Waals surface area contributed by atoms with Crippen LogP contribution in [0.5, 0.6) is 5.75 Å². The van der Waals surface area contributed by atoms with Gasteiger partial charge in [-0.3, -0.25) is 4.79 Å². The van der Waals surface area contributed by atoms with Crippen molar-refractivity contribution in [3.63, 3.8) is 0 Å². The molecule has 1 aromatic rings. The average Bonchev–Trinajstić information content (AvgIpc) is 2.13. The Morgan fingerprint density at radius 3 is 2.92 bits per heavy atom. The van der Waals surface area contributed by atoms with Crippen LogP contribution in [0.4, 0.5) is 4.39 Å². The number of hydrogen-bond donors (Lipinski definition) is 2. The van der Waals surface area contributed by atoms with Gasteiger partial charge in [-0.05, 0) is 6.07 Å². The van der Waals surface area contributed by atoms with Crippen molar-refractivity contribution < 1.29 is 14.3 Å². The highest BCUT2D eigenvalue weighted by Crippen LogP contribution is 2.18. The summed E-state index contributed by atoms with van der Waals surface area (Å²) in [4.78, 5) is 10.9. The molecule has 0 spiro atoms. The Morgan fingerprint density at radius 2 is 2.31 bits per heavy atom. The largest absolute Gasteiger partial charge is 0.505 e. The van der Waals surface area contributed by atoms with Crippen molar-refractivity contribution in [3.8, 4) is 5.75 Å². The molecular weight excluding hydrogens is 173 g/mol. The van der Waals surface area contributed by atoms with E-state index in [9.17, 15) is 9.18 Å². The fourth-order valence-corrected chi connectivity index (χ4v) is 0.964. The van der Waals surface area contributed by atoms with Gasteiger partial charge in [-0.1, -0.05) is 12.1 Å². The number of benzene rings is 1. The van der Waals surface area contributed by atoms with Gasteiger partial charge in [-0.15, -0.1) is 0 Å². The molecule has 0 fully saturated rings. The van der Waals surface area contributed by atoms with Crippen molar-refractivity contribution >= 4 is 5.91 Å². The Hall–Kier alpha value is -1.58. The summed E-state index contributed by atoms with van der Waals surface area (Å²) in [5.41, 5.74) is 0.194. The Kier molecular flexibility index (Phi) is 2.84. The monoisotopic (exact) mass is 183 g/mol. The first kappa shape index (κ1) is 9.51. The second-order valence-electron chi connectivity index (χ2n) is 2.60. The van der Waals surface area contributed by atoms with Crippen LogP contribution in [0, 0.1) is 5.82 Å². The third kappa shape index (κ3) is 2.18. The van der Waals surface area contributed by atoms with E-state index in [0.717, 1.165) is 0 Å². The number of aromatic hydroxyl groups is 1. The smallest absolute Gasteiger partial charge is 0.224 e. The molecule has 2 N–H and O–H groups in total. The van der Waals surface area contributed by atoms with Crippen molar-refractivity contribution in [1.29, 1.82) is 0 Å². The molecule has 0 aliphatic rings. The maximum Gasteiger partial charge on any atom is 0.224 e. The Morgan fingerprint density at radius 1 is 1.62 bits per heavy atom. The molecule has 0 radical (unpaired) electrons. The Labute approximate surface area is 75.2 Å². The van der Waals surface area contributed by atoms with Crippen LogP contribution in [0.25, 0.3) is 0 Å². The molecule has 0 aliphatic heterocycles. The fraction of sp³-hybridized carbons (Fsp3) is 0.222. The lowest BCUT2D eigenvalue weighted by molar-refractivity contribution is -0.120. The molecule has 4 heteroatoms.